The van der Waals surface area contributed by atoms with Crippen molar-refractivity contribution in [3.63, 3.8) is 0 Å². The lowest BCUT2D eigenvalue weighted by molar-refractivity contribution is 0.160. The summed E-state index contributed by atoms with van der Waals surface area (Å²) in [5.41, 5.74) is 1.34. The first-order valence-corrected chi connectivity index (χ1v) is 5.85. The molecule has 0 bridgehead atoms. The van der Waals surface area contributed by atoms with Gasteiger partial charge in [-0.3, -0.25) is 4.90 Å². The Bertz CT molecular complexity index is 258. The standard InChI is InChI=1S/C13H21NO2/c15-11-9-14(10-12-16)8-4-7-13-5-2-1-3-6-13/h1-3,5-6,15-16H,4,7-12H2. The highest BCUT2D eigenvalue weighted by molar-refractivity contribution is 5.14. The molecule has 0 atom stereocenters. The minimum absolute atomic E-state index is 0.158. The normalized spacial score (nSPS) is 10.9. The van der Waals surface area contributed by atoms with E-state index in [1.807, 2.05) is 6.07 Å². The number of aliphatic hydroxyl groups excluding tert-OH is 2. The maximum absolute atomic E-state index is 8.86. The van der Waals surface area contributed by atoms with Crippen LogP contribution >= 0.6 is 0 Å². The van der Waals surface area contributed by atoms with Gasteiger partial charge in [-0.25, -0.2) is 0 Å². The Hall–Kier alpha value is -0.900. The molecule has 0 unspecified atom stereocenters. The van der Waals surface area contributed by atoms with E-state index in [1.165, 1.54) is 5.56 Å². The van der Waals surface area contributed by atoms with Gasteiger partial charge in [0.15, 0.2) is 0 Å². The van der Waals surface area contributed by atoms with Crippen molar-refractivity contribution in [3.8, 4) is 0 Å². The molecule has 0 aliphatic heterocycles. The van der Waals surface area contributed by atoms with Crippen LogP contribution in [0.1, 0.15) is 12.0 Å². The van der Waals surface area contributed by atoms with Crippen molar-refractivity contribution in [3.05, 3.63) is 35.9 Å². The lowest BCUT2D eigenvalue weighted by Gasteiger charge is -2.19. The summed E-state index contributed by atoms with van der Waals surface area (Å²) in [5, 5.41) is 17.7. The van der Waals surface area contributed by atoms with Crippen molar-refractivity contribution in [1.29, 1.82) is 0 Å². The van der Waals surface area contributed by atoms with Crippen LogP contribution in [0.4, 0.5) is 0 Å². The predicted octanol–water partition coefficient (Wildman–Crippen LogP) is 0.906. The van der Waals surface area contributed by atoms with Crippen molar-refractivity contribution in [1.82, 2.24) is 4.90 Å². The van der Waals surface area contributed by atoms with E-state index in [1.54, 1.807) is 0 Å². The third kappa shape index (κ3) is 5.26. The summed E-state index contributed by atoms with van der Waals surface area (Å²) in [6.07, 6.45) is 2.11. The van der Waals surface area contributed by atoms with Crippen LogP contribution in [0.25, 0.3) is 0 Å². The van der Waals surface area contributed by atoms with Gasteiger partial charge in [-0.05, 0) is 24.9 Å². The molecule has 0 aliphatic carbocycles. The van der Waals surface area contributed by atoms with Crippen molar-refractivity contribution < 1.29 is 10.2 Å². The third-order valence-electron chi connectivity index (χ3n) is 2.62. The zero-order valence-electron chi connectivity index (χ0n) is 9.68. The lowest BCUT2D eigenvalue weighted by Crippen LogP contribution is -2.31. The van der Waals surface area contributed by atoms with E-state index < -0.39 is 0 Å². The van der Waals surface area contributed by atoms with Crippen LogP contribution in [0.15, 0.2) is 30.3 Å². The van der Waals surface area contributed by atoms with E-state index >= 15 is 0 Å². The van der Waals surface area contributed by atoms with E-state index in [9.17, 15) is 0 Å². The van der Waals surface area contributed by atoms with Gasteiger partial charge in [0, 0.05) is 13.1 Å². The van der Waals surface area contributed by atoms with Crippen LogP contribution in [0.5, 0.6) is 0 Å². The Morgan fingerprint density at radius 2 is 1.50 bits per heavy atom. The van der Waals surface area contributed by atoms with Crippen LogP contribution in [-0.4, -0.2) is 48.0 Å². The summed E-state index contributed by atoms with van der Waals surface area (Å²) < 4.78 is 0. The average Bonchev–Trinajstić information content (AvgIpc) is 2.31. The van der Waals surface area contributed by atoms with Gasteiger partial charge in [-0.15, -0.1) is 0 Å². The number of aliphatic hydroxyl groups is 2. The second-order valence-electron chi connectivity index (χ2n) is 3.88. The molecule has 0 spiro atoms. The molecule has 0 saturated heterocycles. The Balaban J connectivity index is 2.22. The molecule has 2 N–H and O–H groups in total. The van der Waals surface area contributed by atoms with E-state index in [-0.39, 0.29) is 13.2 Å². The quantitative estimate of drug-likeness (QED) is 0.688. The van der Waals surface area contributed by atoms with Crippen molar-refractivity contribution in [2.75, 3.05) is 32.8 Å². The molecular formula is C13H21NO2. The number of benzene rings is 1. The van der Waals surface area contributed by atoms with E-state index in [4.69, 9.17) is 10.2 Å². The second-order valence-corrected chi connectivity index (χ2v) is 3.88. The molecule has 0 heterocycles. The number of rotatable bonds is 8. The third-order valence-corrected chi connectivity index (χ3v) is 2.62. The number of hydrogen-bond acceptors (Lipinski definition) is 3. The zero-order valence-corrected chi connectivity index (χ0v) is 9.68. The van der Waals surface area contributed by atoms with Gasteiger partial charge in [0.25, 0.3) is 0 Å². The molecule has 0 aliphatic rings. The maximum atomic E-state index is 8.86. The van der Waals surface area contributed by atoms with Gasteiger partial charge in [0.05, 0.1) is 13.2 Å². The molecule has 0 aromatic heterocycles. The molecule has 3 nitrogen and oxygen atoms in total. The molecule has 16 heavy (non-hydrogen) atoms. The summed E-state index contributed by atoms with van der Waals surface area (Å²) >= 11 is 0. The van der Waals surface area contributed by atoms with Gasteiger partial charge < -0.3 is 10.2 Å². The SMILES string of the molecule is OCCN(CCO)CCCc1ccccc1. The monoisotopic (exact) mass is 223 g/mol. The fourth-order valence-corrected chi connectivity index (χ4v) is 1.77. The molecule has 0 amide bonds. The predicted molar refractivity (Wildman–Crippen MR) is 65.4 cm³/mol. The maximum Gasteiger partial charge on any atom is 0.0558 e. The number of hydrogen-bond donors (Lipinski definition) is 2. The summed E-state index contributed by atoms with van der Waals surface area (Å²) in [5.74, 6) is 0. The minimum atomic E-state index is 0.158. The van der Waals surface area contributed by atoms with Gasteiger partial charge in [-0.1, -0.05) is 30.3 Å². The molecule has 3 heteroatoms. The topological polar surface area (TPSA) is 43.7 Å². The number of aryl methyl sites for hydroxylation is 1. The molecule has 1 aromatic carbocycles. The van der Waals surface area contributed by atoms with Crippen LogP contribution in [-0.2, 0) is 6.42 Å². The Labute approximate surface area is 97.3 Å². The van der Waals surface area contributed by atoms with E-state index in [0.717, 1.165) is 19.4 Å². The van der Waals surface area contributed by atoms with Crippen molar-refractivity contribution >= 4 is 0 Å². The molecule has 0 saturated carbocycles. The van der Waals surface area contributed by atoms with Gasteiger partial charge in [0.1, 0.15) is 0 Å². The number of nitrogens with zero attached hydrogens (tertiary/aromatic N) is 1. The van der Waals surface area contributed by atoms with Gasteiger partial charge in [0.2, 0.25) is 0 Å². The molecular weight excluding hydrogens is 202 g/mol. The second kappa shape index (κ2) is 8.28. The summed E-state index contributed by atoms with van der Waals surface area (Å²) in [6, 6.07) is 10.4. The summed E-state index contributed by atoms with van der Waals surface area (Å²) in [7, 11) is 0. The summed E-state index contributed by atoms with van der Waals surface area (Å²) in [6.45, 7) is 2.54. The van der Waals surface area contributed by atoms with Crippen LogP contribution in [0.3, 0.4) is 0 Å². The molecule has 0 fully saturated rings. The van der Waals surface area contributed by atoms with Gasteiger partial charge in [-0.2, -0.15) is 0 Å². The first-order chi connectivity index (χ1) is 7.86. The fraction of sp³-hybridized carbons (Fsp3) is 0.538. The highest BCUT2D eigenvalue weighted by Gasteiger charge is 2.02. The van der Waals surface area contributed by atoms with Crippen molar-refractivity contribution in [2.24, 2.45) is 0 Å². The van der Waals surface area contributed by atoms with Crippen molar-refractivity contribution in [2.45, 2.75) is 12.8 Å². The molecule has 0 radical (unpaired) electrons. The smallest absolute Gasteiger partial charge is 0.0558 e. The first-order valence-electron chi connectivity index (χ1n) is 5.85. The van der Waals surface area contributed by atoms with E-state index in [2.05, 4.69) is 29.2 Å². The molecule has 1 rings (SSSR count). The van der Waals surface area contributed by atoms with Gasteiger partial charge >= 0.3 is 0 Å². The Kier molecular flexibility index (Phi) is 6.81. The summed E-state index contributed by atoms with van der Waals surface area (Å²) in [4.78, 5) is 2.09. The molecule has 90 valence electrons. The van der Waals surface area contributed by atoms with E-state index in [0.29, 0.717) is 13.1 Å². The minimum Gasteiger partial charge on any atom is -0.395 e. The highest BCUT2D eigenvalue weighted by Crippen LogP contribution is 2.03. The average molecular weight is 223 g/mol. The first kappa shape index (κ1) is 13.2. The largest absolute Gasteiger partial charge is 0.395 e. The van der Waals surface area contributed by atoms with Crippen LogP contribution in [0, 0.1) is 0 Å². The Morgan fingerprint density at radius 3 is 2.06 bits per heavy atom. The Morgan fingerprint density at radius 1 is 0.875 bits per heavy atom. The zero-order chi connectivity index (χ0) is 11.6. The fourth-order valence-electron chi connectivity index (χ4n) is 1.77. The highest BCUT2D eigenvalue weighted by atomic mass is 16.3. The lowest BCUT2D eigenvalue weighted by atomic mass is 10.1. The van der Waals surface area contributed by atoms with Crippen LogP contribution < -0.4 is 0 Å². The van der Waals surface area contributed by atoms with Crippen LogP contribution in [0.2, 0.25) is 0 Å². The molecule has 1 aromatic rings.